The molecule has 0 saturated carbocycles. The summed E-state index contributed by atoms with van der Waals surface area (Å²) in [5.74, 6) is 0.264. The Hall–Kier alpha value is -0.820. The third-order valence-electron chi connectivity index (χ3n) is 2.73. The smallest absolute Gasteiger partial charge is 0.0813 e. The van der Waals surface area contributed by atoms with E-state index < -0.39 is 0 Å². The zero-order valence-electron chi connectivity index (χ0n) is 10.4. The van der Waals surface area contributed by atoms with Gasteiger partial charge in [-0.1, -0.05) is 58.9 Å². The molecule has 0 aliphatic rings. The summed E-state index contributed by atoms with van der Waals surface area (Å²) in [5.41, 5.74) is 2.45. The molecule has 1 N–H and O–H groups in total. The summed E-state index contributed by atoms with van der Waals surface area (Å²) in [5, 5.41) is 9.99. The van der Waals surface area contributed by atoms with E-state index in [4.69, 9.17) is 0 Å². The largest absolute Gasteiger partial charge is 0.388 e. The van der Waals surface area contributed by atoms with E-state index in [0.29, 0.717) is 0 Å². The first-order valence-electron chi connectivity index (χ1n) is 5.61. The minimum atomic E-state index is -0.354. The van der Waals surface area contributed by atoms with Crippen LogP contribution in [0.5, 0.6) is 0 Å². The maximum Gasteiger partial charge on any atom is 0.0813 e. The average molecular weight is 206 g/mol. The molecule has 15 heavy (non-hydrogen) atoms. The van der Waals surface area contributed by atoms with Crippen LogP contribution in [0.3, 0.4) is 0 Å². The van der Waals surface area contributed by atoms with Crippen molar-refractivity contribution in [3.63, 3.8) is 0 Å². The summed E-state index contributed by atoms with van der Waals surface area (Å²) in [6.45, 7) is 10.6. The Labute approximate surface area is 93.1 Å². The number of aliphatic hydroxyl groups excluding tert-OH is 1. The van der Waals surface area contributed by atoms with Crippen LogP contribution < -0.4 is 0 Å². The molecular formula is C14H22O. The Morgan fingerprint density at radius 2 is 1.73 bits per heavy atom. The van der Waals surface area contributed by atoms with E-state index in [1.165, 1.54) is 5.56 Å². The average Bonchev–Trinajstić information content (AvgIpc) is 2.15. The van der Waals surface area contributed by atoms with Crippen molar-refractivity contribution in [3.8, 4) is 0 Å². The van der Waals surface area contributed by atoms with Gasteiger partial charge in [0.2, 0.25) is 0 Å². The Kier molecular flexibility index (Phi) is 3.56. The lowest BCUT2D eigenvalue weighted by Gasteiger charge is -2.22. The van der Waals surface area contributed by atoms with Crippen molar-refractivity contribution < 1.29 is 5.11 Å². The molecule has 0 saturated heterocycles. The lowest BCUT2D eigenvalue weighted by atomic mass is 9.85. The monoisotopic (exact) mass is 206 g/mol. The third-order valence-corrected chi connectivity index (χ3v) is 2.73. The van der Waals surface area contributed by atoms with Crippen LogP contribution in [0.1, 0.15) is 51.8 Å². The van der Waals surface area contributed by atoms with E-state index in [2.05, 4.69) is 32.9 Å². The van der Waals surface area contributed by atoms with Gasteiger partial charge in [-0.2, -0.15) is 0 Å². The summed E-state index contributed by atoms with van der Waals surface area (Å²) in [6.07, 6.45) is -0.354. The Morgan fingerprint density at radius 3 is 2.20 bits per heavy atom. The van der Waals surface area contributed by atoms with Gasteiger partial charge in [-0.25, -0.2) is 0 Å². The molecule has 1 nitrogen and oxygen atoms in total. The fourth-order valence-corrected chi connectivity index (χ4v) is 1.57. The molecule has 0 spiro atoms. The third kappa shape index (κ3) is 3.07. The van der Waals surface area contributed by atoms with E-state index in [9.17, 15) is 5.11 Å². The van der Waals surface area contributed by atoms with Crippen molar-refractivity contribution in [1.29, 1.82) is 0 Å². The number of benzene rings is 1. The predicted molar refractivity (Wildman–Crippen MR) is 64.9 cm³/mol. The van der Waals surface area contributed by atoms with Crippen LogP contribution in [0, 0.1) is 5.92 Å². The highest BCUT2D eigenvalue weighted by Gasteiger charge is 2.17. The molecule has 1 rings (SSSR count). The molecule has 0 heterocycles. The second-order valence-electron chi connectivity index (χ2n) is 5.56. The SMILES string of the molecule is CC(C)C(O)c1cccc(C(C)(C)C)c1. The van der Waals surface area contributed by atoms with E-state index in [1.807, 2.05) is 26.0 Å². The quantitative estimate of drug-likeness (QED) is 0.782. The maximum atomic E-state index is 9.99. The van der Waals surface area contributed by atoms with Gasteiger partial charge >= 0.3 is 0 Å². The molecule has 0 aliphatic carbocycles. The van der Waals surface area contributed by atoms with Crippen LogP contribution in [0.2, 0.25) is 0 Å². The van der Waals surface area contributed by atoms with Crippen LogP contribution in [0.25, 0.3) is 0 Å². The van der Waals surface area contributed by atoms with Gasteiger partial charge in [-0.3, -0.25) is 0 Å². The minimum absolute atomic E-state index is 0.146. The molecule has 84 valence electrons. The molecule has 1 aromatic rings. The molecule has 1 aromatic carbocycles. The summed E-state index contributed by atoms with van der Waals surface area (Å²) in [4.78, 5) is 0. The van der Waals surface area contributed by atoms with Gasteiger partial charge in [0.25, 0.3) is 0 Å². The number of aliphatic hydroxyl groups is 1. The molecule has 0 fully saturated rings. The Bertz CT molecular complexity index is 320. The van der Waals surface area contributed by atoms with E-state index in [1.54, 1.807) is 0 Å². The summed E-state index contributed by atoms with van der Waals surface area (Å²) in [6, 6.07) is 8.27. The highest BCUT2D eigenvalue weighted by molar-refractivity contribution is 5.30. The van der Waals surface area contributed by atoms with Crippen LogP contribution in [0.15, 0.2) is 24.3 Å². The van der Waals surface area contributed by atoms with Gasteiger partial charge in [0.15, 0.2) is 0 Å². The predicted octanol–water partition coefficient (Wildman–Crippen LogP) is 3.67. The van der Waals surface area contributed by atoms with Gasteiger partial charge in [0, 0.05) is 0 Å². The van der Waals surface area contributed by atoms with Gasteiger partial charge in [-0.15, -0.1) is 0 Å². The van der Waals surface area contributed by atoms with Crippen LogP contribution in [0.4, 0.5) is 0 Å². The molecule has 1 unspecified atom stereocenters. The molecule has 0 bridgehead atoms. The second kappa shape index (κ2) is 4.36. The van der Waals surface area contributed by atoms with E-state index >= 15 is 0 Å². The first kappa shape index (κ1) is 12.3. The first-order chi connectivity index (χ1) is 6.82. The molecule has 0 radical (unpaired) electrons. The number of rotatable bonds is 2. The van der Waals surface area contributed by atoms with Gasteiger partial charge in [0.05, 0.1) is 6.10 Å². The van der Waals surface area contributed by atoms with Crippen LogP contribution in [-0.2, 0) is 5.41 Å². The molecule has 0 aromatic heterocycles. The molecule has 1 atom stereocenters. The van der Waals surface area contributed by atoms with E-state index in [0.717, 1.165) is 5.56 Å². The normalized spacial score (nSPS) is 14.3. The van der Waals surface area contributed by atoms with E-state index in [-0.39, 0.29) is 17.4 Å². The highest BCUT2D eigenvalue weighted by atomic mass is 16.3. The summed E-state index contributed by atoms with van der Waals surface area (Å²) >= 11 is 0. The van der Waals surface area contributed by atoms with Crippen molar-refractivity contribution in [2.75, 3.05) is 0 Å². The summed E-state index contributed by atoms with van der Waals surface area (Å²) < 4.78 is 0. The van der Waals surface area contributed by atoms with Crippen molar-refractivity contribution in [2.45, 2.75) is 46.1 Å². The van der Waals surface area contributed by atoms with Gasteiger partial charge in [0.1, 0.15) is 0 Å². The topological polar surface area (TPSA) is 20.2 Å². The first-order valence-corrected chi connectivity index (χ1v) is 5.61. The van der Waals surface area contributed by atoms with Gasteiger partial charge in [-0.05, 0) is 22.5 Å². The lowest BCUT2D eigenvalue weighted by Crippen LogP contribution is -2.13. The summed E-state index contributed by atoms with van der Waals surface area (Å²) in [7, 11) is 0. The van der Waals surface area contributed by atoms with Crippen LogP contribution >= 0.6 is 0 Å². The Balaban J connectivity index is 3.03. The Morgan fingerprint density at radius 1 is 1.13 bits per heavy atom. The standard InChI is InChI=1S/C14H22O/c1-10(2)13(15)11-7-6-8-12(9-11)14(3,4)5/h6-10,13,15H,1-5H3. The molecule has 0 aliphatic heterocycles. The molecular weight excluding hydrogens is 184 g/mol. The molecule has 1 heteroatoms. The minimum Gasteiger partial charge on any atom is -0.388 e. The van der Waals surface area contributed by atoms with Crippen LogP contribution in [-0.4, -0.2) is 5.11 Å². The fourth-order valence-electron chi connectivity index (χ4n) is 1.57. The second-order valence-corrected chi connectivity index (χ2v) is 5.56. The zero-order valence-corrected chi connectivity index (χ0v) is 10.4. The number of hydrogen-bond acceptors (Lipinski definition) is 1. The lowest BCUT2D eigenvalue weighted by molar-refractivity contribution is 0.127. The van der Waals surface area contributed by atoms with Crippen molar-refractivity contribution in [3.05, 3.63) is 35.4 Å². The van der Waals surface area contributed by atoms with Crippen molar-refractivity contribution in [2.24, 2.45) is 5.92 Å². The maximum absolute atomic E-state index is 9.99. The number of hydrogen-bond donors (Lipinski definition) is 1. The van der Waals surface area contributed by atoms with Crippen molar-refractivity contribution in [1.82, 2.24) is 0 Å². The zero-order chi connectivity index (χ0) is 11.6. The molecule has 0 amide bonds. The van der Waals surface area contributed by atoms with Crippen molar-refractivity contribution >= 4 is 0 Å². The van der Waals surface area contributed by atoms with Gasteiger partial charge < -0.3 is 5.11 Å². The fraction of sp³-hybridized carbons (Fsp3) is 0.571. The highest BCUT2D eigenvalue weighted by Crippen LogP contribution is 2.27.